The van der Waals surface area contributed by atoms with Crippen LogP contribution in [0.5, 0.6) is 0 Å². The lowest BCUT2D eigenvalue weighted by atomic mass is 9.85. The zero-order valence-corrected chi connectivity index (χ0v) is 13.9. The zero-order chi connectivity index (χ0) is 17.2. The summed E-state index contributed by atoms with van der Waals surface area (Å²) in [6, 6.07) is 18.0. The van der Waals surface area contributed by atoms with E-state index in [1.54, 1.807) is 0 Å². The van der Waals surface area contributed by atoms with Gasteiger partial charge in [0.05, 0.1) is 0 Å². The lowest BCUT2D eigenvalue weighted by molar-refractivity contribution is -0.120. The number of benzene rings is 2. The Labute approximate surface area is 147 Å². The van der Waals surface area contributed by atoms with Gasteiger partial charge in [0.15, 0.2) is 0 Å². The zero-order valence-electron chi connectivity index (χ0n) is 13.9. The van der Waals surface area contributed by atoms with E-state index in [0.29, 0.717) is 26.1 Å². The van der Waals surface area contributed by atoms with Crippen LogP contribution in [0.1, 0.15) is 29.0 Å². The maximum absolute atomic E-state index is 12.7. The lowest BCUT2D eigenvalue weighted by Gasteiger charge is -2.35. The molecule has 0 saturated carbocycles. The maximum atomic E-state index is 12.7. The molecule has 4 rings (SSSR count). The summed E-state index contributed by atoms with van der Waals surface area (Å²) in [5, 5.41) is 5.63. The van der Waals surface area contributed by atoms with Crippen LogP contribution in [-0.2, 0) is 11.3 Å². The third-order valence-corrected chi connectivity index (χ3v) is 5.03. The van der Waals surface area contributed by atoms with Crippen LogP contribution in [0.15, 0.2) is 54.6 Å². The normalized spacial score (nSPS) is 22.2. The number of nitrogens with one attached hydrogen (secondary N) is 2. The first-order valence-electron chi connectivity index (χ1n) is 8.68. The summed E-state index contributed by atoms with van der Waals surface area (Å²) in [4.78, 5) is 26.3. The third kappa shape index (κ3) is 3.09. The molecular formula is C20H21N3O2. The number of amides is 3. The van der Waals surface area contributed by atoms with Crippen molar-refractivity contribution < 1.29 is 9.59 Å². The van der Waals surface area contributed by atoms with Crippen LogP contribution < -0.4 is 10.6 Å². The Hall–Kier alpha value is -2.82. The summed E-state index contributed by atoms with van der Waals surface area (Å²) in [7, 11) is 0. The molecule has 5 heteroatoms. The van der Waals surface area contributed by atoms with Gasteiger partial charge in [-0.1, -0.05) is 54.6 Å². The number of carbonyl (C=O) groups excluding carboxylic acids is 2. The predicted molar refractivity (Wildman–Crippen MR) is 95.1 cm³/mol. The highest BCUT2D eigenvalue weighted by Gasteiger charge is 2.32. The molecule has 25 heavy (non-hydrogen) atoms. The molecule has 2 aromatic carbocycles. The number of urea groups is 1. The fourth-order valence-corrected chi connectivity index (χ4v) is 3.70. The Morgan fingerprint density at radius 2 is 1.84 bits per heavy atom. The van der Waals surface area contributed by atoms with E-state index in [1.807, 2.05) is 35.2 Å². The van der Waals surface area contributed by atoms with Gasteiger partial charge in [-0.3, -0.25) is 4.79 Å². The van der Waals surface area contributed by atoms with Crippen molar-refractivity contribution in [2.75, 3.05) is 13.1 Å². The molecule has 3 amide bonds. The van der Waals surface area contributed by atoms with Gasteiger partial charge >= 0.3 is 6.03 Å². The van der Waals surface area contributed by atoms with E-state index in [0.717, 1.165) is 5.56 Å². The summed E-state index contributed by atoms with van der Waals surface area (Å²) in [6.45, 7) is 1.81. The summed E-state index contributed by atoms with van der Waals surface area (Å²) in [5.74, 6) is 0.0553. The first-order valence-corrected chi connectivity index (χ1v) is 8.68. The van der Waals surface area contributed by atoms with Crippen molar-refractivity contribution in [2.45, 2.75) is 24.9 Å². The molecular weight excluding hydrogens is 314 g/mol. The van der Waals surface area contributed by atoms with Crippen LogP contribution in [0.4, 0.5) is 4.79 Å². The van der Waals surface area contributed by atoms with Crippen LogP contribution in [0.25, 0.3) is 0 Å². The van der Waals surface area contributed by atoms with Crippen molar-refractivity contribution >= 4 is 11.9 Å². The minimum absolute atomic E-state index is 0.0923. The molecule has 1 fully saturated rings. The van der Waals surface area contributed by atoms with Gasteiger partial charge < -0.3 is 15.5 Å². The molecule has 0 aliphatic carbocycles. The van der Waals surface area contributed by atoms with Gasteiger partial charge in [0.25, 0.3) is 0 Å². The Balaban J connectivity index is 1.59. The standard InChI is InChI=1S/C20H21N3O2/c24-19-18(10-11-21-19)22-20(25)23-12-15-8-4-5-9-16(15)17(13-23)14-6-2-1-3-7-14/h1-9,17-18H,10-13H2,(H,21,24)(H,22,25). The Bertz CT molecular complexity index is 791. The van der Waals surface area contributed by atoms with Gasteiger partial charge in [0, 0.05) is 25.6 Å². The molecule has 0 bridgehead atoms. The van der Waals surface area contributed by atoms with E-state index in [9.17, 15) is 9.59 Å². The summed E-state index contributed by atoms with van der Waals surface area (Å²) in [5.41, 5.74) is 3.64. The summed E-state index contributed by atoms with van der Waals surface area (Å²) >= 11 is 0. The molecule has 5 nitrogen and oxygen atoms in total. The van der Waals surface area contributed by atoms with Gasteiger partial charge in [0.2, 0.25) is 5.91 Å². The Kier molecular flexibility index (Phi) is 4.14. The number of fused-ring (bicyclic) bond motifs is 1. The molecule has 0 spiro atoms. The Morgan fingerprint density at radius 1 is 1.08 bits per heavy atom. The second-order valence-electron chi connectivity index (χ2n) is 6.62. The largest absolute Gasteiger partial charge is 0.354 e. The molecule has 2 N–H and O–H groups in total. The van der Waals surface area contributed by atoms with Gasteiger partial charge in [-0.2, -0.15) is 0 Å². The second kappa shape index (κ2) is 6.59. The molecule has 0 aromatic heterocycles. The smallest absolute Gasteiger partial charge is 0.318 e. The van der Waals surface area contributed by atoms with E-state index in [1.165, 1.54) is 11.1 Å². The molecule has 1 saturated heterocycles. The van der Waals surface area contributed by atoms with Gasteiger partial charge in [-0.25, -0.2) is 4.79 Å². The van der Waals surface area contributed by atoms with E-state index in [-0.39, 0.29) is 17.9 Å². The quantitative estimate of drug-likeness (QED) is 0.884. The van der Waals surface area contributed by atoms with E-state index < -0.39 is 6.04 Å². The summed E-state index contributed by atoms with van der Waals surface area (Å²) in [6.07, 6.45) is 0.650. The lowest BCUT2D eigenvalue weighted by Crippen LogP contribution is -2.49. The van der Waals surface area contributed by atoms with Crippen molar-refractivity contribution in [1.29, 1.82) is 0 Å². The minimum atomic E-state index is -0.417. The van der Waals surface area contributed by atoms with Crippen LogP contribution in [0.2, 0.25) is 0 Å². The number of hydrogen-bond donors (Lipinski definition) is 2. The van der Waals surface area contributed by atoms with E-state index >= 15 is 0 Å². The molecule has 2 aliphatic rings. The number of hydrogen-bond acceptors (Lipinski definition) is 2. The van der Waals surface area contributed by atoms with Crippen molar-refractivity contribution in [3.8, 4) is 0 Å². The number of carbonyl (C=O) groups is 2. The predicted octanol–water partition coefficient (Wildman–Crippen LogP) is 2.23. The minimum Gasteiger partial charge on any atom is -0.354 e. The number of rotatable bonds is 2. The first-order chi connectivity index (χ1) is 12.2. The molecule has 2 atom stereocenters. The van der Waals surface area contributed by atoms with Crippen LogP contribution in [0, 0.1) is 0 Å². The van der Waals surface area contributed by atoms with Crippen molar-refractivity contribution in [2.24, 2.45) is 0 Å². The SMILES string of the molecule is O=C1NCCC1NC(=O)N1Cc2ccccc2C(c2ccccc2)C1. The van der Waals surface area contributed by atoms with Crippen molar-refractivity contribution in [1.82, 2.24) is 15.5 Å². The van der Waals surface area contributed by atoms with E-state index in [2.05, 4.69) is 34.9 Å². The average molecular weight is 335 g/mol. The van der Waals surface area contributed by atoms with Gasteiger partial charge in [-0.05, 0) is 23.1 Å². The molecule has 2 aliphatic heterocycles. The van der Waals surface area contributed by atoms with Gasteiger partial charge in [0.1, 0.15) is 6.04 Å². The fraction of sp³-hybridized carbons (Fsp3) is 0.300. The topological polar surface area (TPSA) is 61.4 Å². The van der Waals surface area contributed by atoms with Gasteiger partial charge in [-0.15, -0.1) is 0 Å². The highest BCUT2D eigenvalue weighted by molar-refractivity contribution is 5.88. The van der Waals surface area contributed by atoms with Crippen molar-refractivity contribution in [3.05, 3.63) is 71.3 Å². The fourth-order valence-electron chi connectivity index (χ4n) is 3.70. The van der Waals surface area contributed by atoms with E-state index in [4.69, 9.17) is 0 Å². The maximum Gasteiger partial charge on any atom is 0.318 e. The molecule has 128 valence electrons. The Morgan fingerprint density at radius 3 is 2.60 bits per heavy atom. The third-order valence-electron chi connectivity index (χ3n) is 5.03. The highest BCUT2D eigenvalue weighted by atomic mass is 16.2. The van der Waals surface area contributed by atoms with Crippen LogP contribution >= 0.6 is 0 Å². The highest BCUT2D eigenvalue weighted by Crippen LogP contribution is 2.33. The summed E-state index contributed by atoms with van der Waals surface area (Å²) < 4.78 is 0. The van der Waals surface area contributed by atoms with Crippen molar-refractivity contribution in [3.63, 3.8) is 0 Å². The molecule has 2 unspecified atom stereocenters. The van der Waals surface area contributed by atoms with Crippen LogP contribution in [-0.4, -0.2) is 36.0 Å². The molecule has 2 heterocycles. The average Bonchev–Trinajstić information content (AvgIpc) is 3.06. The molecule has 2 aromatic rings. The molecule has 0 radical (unpaired) electrons. The monoisotopic (exact) mass is 335 g/mol. The van der Waals surface area contributed by atoms with Crippen LogP contribution in [0.3, 0.4) is 0 Å². The first kappa shape index (κ1) is 15.7. The number of nitrogens with zero attached hydrogens (tertiary/aromatic N) is 1. The second-order valence-corrected chi connectivity index (χ2v) is 6.62.